The van der Waals surface area contributed by atoms with Gasteiger partial charge in [-0.1, -0.05) is 66.7 Å². The Morgan fingerprint density at radius 3 is 1.89 bits per heavy atom. The smallest absolute Gasteiger partial charge is 0.405 e. The molecule has 2 unspecified atom stereocenters. The first-order valence-electron chi connectivity index (χ1n) is 11.3. The summed E-state index contributed by atoms with van der Waals surface area (Å²) in [4.78, 5) is 3.51. The van der Waals surface area contributed by atoms with Crippen LogP contribution >= 0.6 is 0 Å². The predicted octanol–water partition coefficient (Wildman–Crippen LogP) is 8.15. The third-order valence-electron chi connectivity index (χ3n) is 6.49. The minimum atomic E-state index is -4.90. The first-order chi connectivity index (χ1) is 17.3. The van der Waals surface area contributed by atoms with Crippen LogP contribution in [0.15, 0.2) is 84.9 Å². The van der Waals surface area contributed by atoms with Gasteiger partial charge in [-0.05, 0) is 69.6 Å². The predicted molar refractivity (Wildman–Crippen MR) is 132 cm³/mol. The van der Waals surface area contributed by atoms with Gasteiger partial charge in [-0.15, -0.1) is 13.2 Å². The summed E-state index contributed by atoms with van der Waals surface area (Å²) in [6.07, 6.45) is -4.90. The number of aryl methyl sites for hydroxylation is 1. The summed E-state index contributed by atoms with van der Waals surface area (Å²) in [5, 5.41) is 9.75. The fraction of sp³-hybridized carbons (Fsp3) is 0.133. The quantitative estimate of drug-likeness (QED) is 0.276. The molecule has 4 aromatic carbocycles. The van der Waals surface area contributed by atoms with E-state index in [1.54, 1.807) is 36.4 Å². The Morgan fingerprint density at radius 1 is 0.833 bits per heavy atom. The summed E-state index contributed by atoms with van der Waals surface area (Å²) >= 11 is 0. The molecular weight excluding hydrogens is 461 g/mol. The zero-order chi connectivity index (χ0) is 25.4. The van der Waals surface area contributed by atoms with Gasteiger partial charge in [-0.2, -0.15) is 5.26 Å². The number of alkyl halides is 3. The average molecular weight is 480 g/mol. The third kappa shape index (κ3) is 4.08. The largest absolute Gasteiger partial charge is 0.573 e. The van der Waals surface area contributed by atoms with Crippen LogP contribution in [0.3, 0.4) is 0 Å². The van der Waals surface area contributed by atoms with Crippen LogP contribution in [0.2, 0.25) is 0 Å². The summed E-state index contributed by atoms with van der Waals surface area (Å²) in [7, 11) is 0. The Balaban J connectivity index is 1.81. The monoisotopic (exact) mass is 480 g/mol. The second kappa shape index (κ2) is 8.91. The minimum absolute atomic E-state index is 0.288. The van der Waals surface area contributed by atoms with E-state index in [1.165, 1.54) is 6.07 Å². The number of rotatable bonds is 4. The summed E-state index contributed by atoms with van der Waals surface area (Å²) in [5.74, 6) is -1.05. The molecule has 176 valence electrons. The van der Waals surface area contributed by atoms with Crippen LogP contribution in [0, 0.1) is 24.8 Å². The zero-order valence-electron chi connectivity index (χ0n) is 19.2. The average Bonchev–Trinajstić information content (AvgIpc) is 3.16. The van der Waals surface area contributed by atoms with Gasteiger partial charge >= 0.3 is 12.4 Å². The van der Waals surface area contributed by atoms with E-state index in [1.807, 2.05) is 55.5 Å². The maximum Gasteiger partial charge on any atom is 0.573 e. The molecule has 4 aromatic rings. The molecule has 0 fully saturated rings. The van der Waals surface area contributed by atoms with Crippen LogP contribution in [0.1, 0.15) is 22.6 Å². The van der Waals surface area contributed by atoms with Gasteiger partial charge in [0.2, 0.25) is 0 Å². The van der Waals surface area contributed by atoms with Crippen LogP contribution in [0.4, 0.5) is 13.2 Å². The van der Waals surface area contributed by atoms with Crippen molar-refractivity contribution in [3.63, 3.8) is 0 Å². The molecule has 36 heavy (non-hydrogen) atoms. The molecule has 0 amide bonds. The highest BCUT2D eigenvalue weighted by molar-refractivity contribution is 5.89. The van der Waals surface area contributed by atoms with Crippen LogP contribution in [-0.4, -0.2) is 12.4 Å². The van der Waals surface area contributed by atoms with E-state index < -0.39 is 18.3 Å². The fourth-order valence-electron chi connectivity index (χ4n) is 4.97. The van der Waals surface area contributed by atoms with Crippen molar-refractivity contribution in [2.45, 2.75) is 25.2 Å². The number of nitrogens with zero attached hydrogens (tertiary/aromatic N) is 2. The van der Waals surface area contributed by atoms with Crippen molar-refractivity contribution in [3.05, 3.63) is 113 Å². The molecule has 5 rings (SSSR count). The van der Waals surface area contributed by atoms with Gasteiger partial charge in [0.05, 0.1) is 0 Å². The lowest BCUT2D eigenvalue weighted by Gasteiger charge is -2.17. The molecule has 0 saturated carbocycles. The number of ether oxygens (including phenoxy) is 1. The minimum Gasteiger partial charge on any atom is -0.405 e. The number of fused-ring (bicyclic) bond motifs is 3. The third-order valence-corrected chi connectivity index (χ3v) is 6.49. The molecule has 0 radical (unpaired) electrons. The Bertz CT molecular complexity index is 1520. The van der Waals surface area contributed by atoms with E-state index in [-0.39, 0.29) is 11.3 Å². The highest BCUT2D eigenvalue weighted by atomic mass is 19.4. The van der Waals surface area contributed by atoms with Gasteiger partial charge in [0.25, 0.3) is 0 Å². The normalized spacial score (nSPS) is 14.8. The van der Waals surface area contributed by atoms with Crippen molar-refractivity contribution < 1.29 is 17.9 Å². The SMILES string of the molecule is [C-]#[N+]C(C#N)C1c2cc(C)c(-c3ccccc3)cc2-c2cc(-c3ccccc3)c(OC(F)(F)F)cc21. The zero-order valence-corrected chi connectivity index (χ0v) is 19.2. The second-order valence-electron chi connectivity index (χ2n) is 8.65. The number of halogens is 3. The highest BCUT2D eigenvalue weighted by Crippen LogP contribution is 2.52. The molecule has 2 atom stereocenters. The molecule has 0 aromatic heterocycles. The van der Waals surface area contributed by atoms with E-state index in [0.29, 0.717) is 16.7 Å². The molecule has 0 bridgehead atoms. The van der Waals surface area contributed by atoms with E-state index in [0.717, 1.165) is 27.8 Å². The lowest BCUT2D eigenvalue weighted by molar-refractivity contribution is -0.274. The fourth-order valence-corrected chi connectivity index (χ4v) is 4.97. The van der Waals surface area contributed by atoms with Crippen molar-refractivity contribution in [1.29, 1.82) is 5.26 Å². The maximum atomic E-state index is 13.4. The molecule has 6 heteroatoms. The Kier molecular flexibility index (Phi) is 5.74. The van der Waals surface area contributed by atoms with Gasteiger partial charge in [-0.25, -0.2) is 6.57 Å². The molecule has 1 aliphatic carbocycles. The van der Waals surface area contributed by atoms with E-state index >= 15 is 0 Å². The van der Waals surface area contributed by atoms with E-state index in [4.69, 9.17) is 6.57 Å². The van der Waals surface area contributed by atoms with Crippen LogP contribution < -0.4 is 4.74 Å². The molecule has 0 aliphatic heterocycles. The topological polar surface area (TPSA) is 37.4 Å². The molecule has 0 heterocycles. The Labute approximate surface area is 206 Å². The second-order valence-corrected chi connectivity index (χ2v) is 8.65. The molecule has 0 spiro atoms. The first kappa shape index (κ1) is 23.2. The summed E-state index contributed by atoms with van der Waals surface area (Å²) in [6, 6.07) is 26.5. The lowest BCUT2D eigenvalue weighted by Crippen LogP contribution is -2.18. The summed E-state index contributed by atoms with van der Waals surface area (Å²) < 4.78 is 44.7. The van der Waals surface area contributed by atoms with Gasteiger partial charge in [0, 0.05) is 5.56 Å². The molecule has 0 N–H and O–H groups in total. The molecular formula is C30H19F3N2O. The van der Waals surface area contributed by atoms with Crippen molar-refractivity contribution in [3.8, 4) is 45.2 Å². The number of nitriles is 1. The number of hydrogen-bond donors (Lipinski definition) is 0. The summed E-state index contributed by atoms with van der Waals surface area (Å²) in [5.41, 5.74) is 6.54. The summed E-state index contributed by atoms with van der Waals surface area (Å²) in [6.45, 7) is 9.56. The van der Waals surface area contributed by atoms with Crippen LogP contribution in [0.5, 0.6) is 5.75 Å². The molecule has 1 aliphatic rings. The van der Waals surface area contributed by atoms with Crippen LogP contribution in [-0.2, 0) is 0 Å². The van der Waals surface area contributed by atoms with Crippen LogP contribution in [0.25, 0.3) is 38.2 Å². The van der Waals surface area contributed by atoms with E-state index in [9.17, 15) is 18.4 Å². The molecule has 0 saturated heterocycles. The standard InChI is InChI=1S/C30H19F3N2O/c1-18-13-25-23(14-21(18)19-9-5-3-6-10-19)24-15-22(20-11-7-4-8-12-20)28(36-30(31,32)33)16-26(24)29(25)27(17-34)35-2/h3-16,27,29H,1H3. The van der Waals surface area contributed by atoms with Crippen molar-refractivity contribution in [2.75, 3.05) is 0 Å². The highest BCUT2D eigenvalue weighted by Gasteiger charge is 2.41. The van der Waals surface area contributed by atoms with Crippen molar-refractivity contribution >= 4 is 0 Å². The Morgan fingerprint density at radius 2 is 1.36 bits per heavy atom. The maximum absolute atomic E-state index is 13.4. The van der Waals surface area contributed by atoms with Crippen molar-refractivity contribution in [2.24, 2.45) is 0 Å². The molecule has 3 nitrogen and oxygen atoms in total. The van der Waals surface area contributed by atoms with Gasteiger partial charge in [-0.3, -0.25) is 4.85 Å². The van der Waals surface area contributed by atoms with Crippen molar-refractivity contribution in [1.82, 2.24) is 0 Å². The van der Waals surface area contributed by atoms with Gasteiger partial charge in [0.15, 0.2) is 6.07 Å². The number of benzene rings is 4. The van der Waals surface area contributed by atoms with Gasteiger partial charge < -0.3 is 4.74 Å². The van der Waals surface area contributed by atoms with Gasteiger partial charge in [0.1, 0.15) is 11.7 Å². The lowest BCUT2D eigenvalue weighted by atomic mass is 9.87. The Hall–Kier alpha value is -4.55. The van der Waals surface area contributed by atoms with E-state index in [2.05, 4.69) is 9.58 Å². The first-order valence-corrected chi connectivity index (χ1v) is 11.3. The number of hydrogen-bond acceptors (Lipinski definition) is 2.